The van der Waals surface area contributed by atoms with E-state index < -0.39 is 5.60 Å². The van der Waals surface area contributed by atoms with Crippen LogP contribution in [0.25, 0.3) is 0 Å². The first-order chi connectivity index (χ1) is 15.9. The van der Waals surface area contributed by atoms with Crippen molar-refractivity contribution in [1.29, 1.82) is 0 Å². The molecular weight excluding hydrogens is 469 g/mol. The van der Waals surface area contributed by atoms with E-state index in [0.29, 0.717) is 48.6 Å². The maximum Gasteiger partial charge on any atom is 0.272 e. The number of carbonyl (C=O) groups excluding carboxylic acids is 2. The molecule has 3 heterocycles. The van der Waals surface area contributed by atoms with Gasteiger partial charge in [-0.25, -0.2) is 4.98 Å². The number of halogens is 2. The summed E-state index contributed by atoms with van der Waals surface area (Å²) in [5, 5.41) is 0.995. The molecule has 8 nitrogen and oxygen atoms in total. The molecule has 4 rings (SSSR count). The van der Waals surface area contributed by atoms with Gasteiger partial charge >= 0.3 is 0 Å². The van der Waals surface area contributed by atoms with Crippen molar-refractivity contribution in [2.45, 2.75) is 12.0 Å². The Balaban J connectivity index is 1.53. The minimum Gasteiger partial charge on any atom is -0.490 e. The van der Waals surface area contributed by atoms with E-state index in [1.165, 1.54) is 6.20 Å². The molecule has 10 heteroatoms. The van der Waals surface area contributed by atoms with Gasteiger partial charge in [0.1, 0.15) is 23.7 Å². The number of nitrogens with zero attached hydrogens (tertiary/aromatic N) is 3. The summed E-state index contributed by atoms with van der Waals surface area (Å²) in [4.78, 5) is 33.7. The van der Waals surface area contributed by atoms with Gasteiger partial charge < -0.3 is 24.0 Å². The Morgan fingerprint density at radius 1 is 1.03 bits per heavy atom. The lowest BCUT2D eigenvalue weighted by Crippen LogP contribution is -2.58. The first-order valence-electron chi connectivity index (χ1n) is 10.7. The molecule has 2 aromatic rings. The van der Waals surface area contributed by atoms with Gasteiger partial charge in [0.2, 0.25) is 5.91 Å². The number of rotatable bonds is 6. The van der Waals surface area contributed by atoms with Crippen LogP contribution in [0.5, 0.6) is 5.75 Å². The number of pyridine rings is 1. The van der Waals surface area contributed by atoms with Crippen LogP contribution in [-0.2, 0) is 14.3 Å². The summed E-state index contributed by atoms with van der Waals surface area (Å²) >= 11 is 12.0. The smallest absolute Gasteiger partial charge is 0.272 e. The molecule has 2 saturated heterocycles. The fourth-order valence-corrected chi connectivity index (χ4v) is 4.19. The molecule has 0 radical (unpaired) electrons. The Morgan fingerprint density at radius 3 is 2.55 bits per heavy atom. The molecule has 33 heavy (non-hydrogen) atoms. The standard InChI is InChI=1S/C23H25Cl2N3O5/c24-17-2-1-3-19(12-17)32-16-23(13-21(29)27-6-9-31-10-7-27)15-28(8-11-33-23)22(30)20-5-4-18(25)14-26-20/h1-5,12,14H,6-11,13,15-16H2/t23-/m0/s1. The van der Waals surface area contributed by atoms with E-state index in [9.17, 15) is 9.59 Å². The summed E-state index contributed by atoms with van der Waals surface area (Å²) in [6, 6.07) is 10.2. The van der Waals surface area contributed by atoms with E-state index >= 15 is 0 Å². The summed E-state index contributed by atoms with van der Waals surface area (Å²) in [5.74, 6) is 0.250. The molecule has 0 spiro atoms. The van der Waals surface area contributed by atoms with Crippen molar-refractivity contribution >= 4 is 35.0 Å². The Kier molecular flexibility index (Phi) is 7.70. The van der Waals surface area contributed by atoms with Crippen molar-refractivity contribution < 1.29 is 23.8 Å². The third-order valence-electron chi connectivity index (χ3n) is 5.62. The van der Waals surface area contributed by atoms with Gasteiger partial charge in [-0.05, 0) is 30.3 Å². The zero-order chi connectivity index (χ0) is 23.3. The number of amides is 2. The van der Waals surface area contributed by atoms with E-state index in [4.69, 9.17) is 37.4 Å². The second kappa shape index (κ2) is 10.7. The Labute approximate surface area is 202 Å². The molecular formula is C23H25Cl2N3O5. The van der Waals surface area contributed by atoms with Crippen LogP contribution >= 0.6 is 23.2 Å². The highest BCUT2D eigenvalue weighted by Gasteiger charge is 2.42. The number of carbonyl (C=O) groups is 2. The fraction of sp³-hybridized carbons (Fsp3) is 0.435. The highest BCUT2D eigenvalue weighted by molar-refractivity contribution is 6.30. The van der Waals surface area contributed by atoms with Gasteiger partial charge in [0.15, 0.2) is 0 Å². The fourth-order valence-electron chi connectivity index (χ4n) is 3.90. The van der Waals surface area contributed by atoms with Crippen LogP contribution in [0, 0.1) is 0 Å². The summed E-state index contributed by atoms with van der Waals surface area (Å²) in [5.41, 5.74) is -0.733. The van der Waals surface area contributed by atoms with Crippen molar-refractivity contribution in [3.05, 3.63) is 58.3 Å². The predicted molar refractivity (Wildman–Crippen MR) is 123 cm³/mol. The molecule has 0 bridgehead atoms. The minimum atomic E-state index is -1.02. The topological polar surface area (TPSA) is 81.2 Å². The van der Waals surface area contributed by atoms with E-state index in [-0.39, 0.29) is 43.7 Å². The highest BCUT2D eigenvalue weighted by atomic mass is 35.5. The van der Waals surface area contributed by atoms with Gasteiger partial charge in [-0.2, -0.15) is 0 Å². The highest BCUT2D eigenvalue weighted by Crippen LogP contribution is 2.27. The van der Waals surface area contributed by atoms with Crippen LogP contribution in [0.15, 0.2) is 42.6 Å². The van der Waals surface area contributed by atoms with Gasteiger partial charge in [-0.3, -0.25) is 9.59 Å². The molecule has 1 aromatic heterocycles. The molecule has 2 fully saturated rings. The van der Waals surface area contributed by atoms with Crippen LogP contribution in [0.3, 0.4) is 0 Å². The van der Waals surface area contributed by atoms with Gasteiger partial charge in [0.25, 0.3) is 5.91 Å². The average Bonchev–Trinajstić information content (AvgIpc) is 2.84. The monoisotopic (exact) mass is 493 g/mol. The quantitative estimate of drug-likeness (QED) is 0.615. The largest absolute Gasteiger partial charge is 0.490 e. The van der Waals surface area contributed by atoms with Gasteiger partial charge in [-0.15, -0.1) is 0 Å². The number of morpholine rings is 2. The lowest BCUT2D eigenvalue weighted by Gasteiger charge is -2.43. The molecule has 2 aliphatic heterocycles. The van der Waals surface area contributed by atoms with Crippen molar-refractivity contribution in [3.63, 3.8) is 0 Å². The van der Waals surface area contributed by atoms with Crippen LogP contribution in [-0.4, -0.2) is 84.8 Å². The van der Waals surface area contributed by atoms with Gasteiger partial charge in [0.05, 0.1) is 37.8 Å². The summed E-state index contributed by atoms with van der Waals surface area (Å²) in [6.45, 7) is 3.00. The van der Waals surface area contributed by atoms with E-state index in [1.807, 2.05) is 0 Å². The normalized spacial score (nSPS) is 21.0. The van der Waals surface area contributed by atoms with Crippen molar-refractivity contribution in [1.82, 2.24) is 14.8 Å². The molecule has 0 aliphatic carbocycles. The zero-order valence-corrected chi connectivity index (χ0v) is 19.6. The lowest BCUT2D eigenvalue weighted by molar-refractivity contribution is -0.155. The molecule has 0 N–H and O–H groups in total. The first kappa shape index (κ1) is 23.8. The molecule has 0 unspecified atom stereocenters. The molecule has 176 valence electrons. The zero-order valence-electron chi connectivity index (χ0n) is 18.0. The lowest BCUT2D eigenvalue weighted by atomic mass is 9.96. The van der Waals surface area contributed by atoms with Crippen LogP contribution in [0.2, 0.25) is 10.0 Å². The third-order valence-corrected chi connectivity index (χ3v) is 6.08. The van der Waals surface area contributed by atoms with Crippen molar-refractivity contribution in [2.75, 3.05) is 52.6 Å². The number of hydrogen-bond donors (Lipinski definition) is 0. The van der Waals surface area contributed by atoms with E-state index in [2.05, 4.69) is 4.98 Å². The SMILES string of the molecule is O=C(C[C@@]1(COc2cccc(Cl)c2)CN(C(=O)c2ccc(Cl)cn2)CCO1)N1CCOCC1. The molecule has 0 saturated carbocycles. The Bertz CT molecular complexity index is 984. The first-order valence-corrected chi connectivity index (χ1v) is 11.5. The second-order valence-corrected chi connectivity index (χ2v) is 8.91. The van der Waals surface area contributed by atoms with Gasteiger partial charge in [-0.1, -0.05) is 29.3 Å². The van der Waals surface area contributed by atoms with E-state index in [0.717, 1.165) is 0 Å². The van der Waals surface area contributed by atoms with Crippen LogP contribution in [0.4, 0.5) is 0 Å². The maximum atomic E-state index is 13.1. The summed E-state index contributed by atoms with van der Waals surface area (Å²) in [7, 11) is 0. The van der Waals surface area contributed by atoms with Gasteiger partial charge in [0, 0.05) is 30.9 Å². The summed E-state index contributed by atoms with van der Waals surface area (Å²) < 4.78 is 17.5. The number of ether oxygens (including phenoxy) is 3. The Hall–Kier alpha value is -2.39. The number of aromatic nitrogens is 1. The molecule has 1 aromatic carbocycles. The van der Waals surface area contributed by atoms with Crippen LogP contribution < -0.4 is 4.74 Å². The van der Waals surface area contributed by atoms with Crippen molar-refractivity contribution in [3.8, 4) is 5.75 Å². The predicted octanol–water partition coefficient (Wildman–Crippen LogP) is 2.93. The second-order valence-electron chi connectivity index (χ2n) is 8.04. The van der Waals surface area contributed by atoms with Crippen LogP contribution in [0.1, 0.15) is 16.9 Å². The molecule has 2 aliphatic rings. The maximum absolute atomic E-state index is 13.1. The minimum absolute atomic E-state index is 0.0630. The van der Waals surface area contributed by atoms with Crippen molar-refractivity contribution in [2.24, 2.45) is 0 Å². The molecule has 1 atom stereocenters. The Morgan fingerprint density at radius 2 is 1.82 bits per heavy atom. The van der Waals surface area contributed by atoms with E-state index in [1.54, 1.807) is 46.2 Å². The molecule has 2 amide bonds. The number of hydrogen-bond acceptors (Lipinski definition) is 6. The summed E-state index contributed by atoms with van der Waals surface area (Å²) in [6.07, 6.45) is 1.51. The average molecular weight is 494 g/mol. The number of benzene rings is 1. The third kappa shape index (κ3) is 6.14.